The molecule has 2 aromatic heterocycles. The number of fused-ring (bicyclic) bond motifs is 1. The third-order valence-electron chi connectivity index (χ3n) is 2.96. The maximum absolute atomic E-state index is 11.1. The monoisotopic (exact) mass is 324 g/mol. The maximum Gasteiger partial charge on any atom is 0.312 e. The van der Waals surface area contributed by atoms with Gasteiger partial charge in [0, 0.05) is 15.5 Å². The normalized spacial score (nSPS) is 17.7. The molecule has 6 heteroatoms. The van der Waals surface area contributed by atoms with Gasteiger partial charge in [-0.3, -0.25) is 9.78 Å². The molecule has 0 radical (unpaired) electrons. The molecular formula is C12H9BrN2O2S. The van der Waals surface area contributed by atoms with E-state index in [1.807, 2.05) is 12.1 Å². The maximum atomic E-state index is 11.1. The van der Waals surface area contributed by atoms with Crippen molar-refractivity contribution in [2.75, 3.05) is 0 Å². The van der Waals surface area contributed by atoms with E-state index >= 15 is 0 Å². The Kier molecular flexibility index (Phi) is 2.91. The Labute approximate surface area is 116 Å². The van der Waals surface area contributed by atoms with Crippen molar-refractivity contribution in [1.82, 2.24) is 9.97 Å². The van der Waals surface area contributed by atoms with E-state index in [4.69, 9.17) is 5.11 Å². The fourth-order valence-corrected chi connectivity index (χ4v) is 3.43. The van der Waals surface area contributed by atoms with Crippen LogP contribution in [0.2, 0.25) is 0 Å². The van der Waals surface area contributed by atoms with E-state index in [0.717, 1.165) is 32.2 Å². The summed E-state index contributed by atoms with van der Waals surface area (Å²) < 4.78 is 0.916. The predicted molar refractivity (Wildman–Crippen MR) is 71.7 cm³/mol. The van der Waals surface area contributed by atoms with Crippen molar-refractivity contribution in [3.63, 3.8) is 0 Å². The number of carbonyl (C=O) groups is 1. The standard InChI is InChI=1S/C12H9BrN2O2S/c13-6-1-3-8(14-5-6)11-15-10-7(12(16)17)2-4-9(10)18-11/h1,3,5,7H,2,4H2,(H,16,17). The number of thiazole rings is 1. The van der Waals surface area contributed by atoms with Gasteiger partial charge < -0.3 is 5.11 Å². The topological polar surface area (TPSA) is 63.1 Å². The average molecular weight is 325 g/mol. The van der Waals surface area contributed by atoms with E-state index in [0.29, 0.717) is 6.42 Å². The summed E-state index contributed by atoms with van der Waals surface area (Å²) in [6.07, 6.45) is 3.19. The van der Waals surface area contributed by atoms with Crippen LogP contribution in [0, 0.1) is 0 Å². The van der Waals surface area contributed by atoms with E-state index in [9.17, 15) is 4.79 Å². The van der Waals surface area contributed by atoms with Gasteiger partial charge in [0.15, 0.2) is 0 Å². The summed E-state index contributed by atoms with van der Waals surface area (Å²) in [5.74, 6) is -1.23. The number of carboxylic acids is 1. The smallest absolute Gasteiger partial charge is 0.312 e. The number of aryl methyl sites for hydroxylation is 1. The number of halogens is 1. The quantitative estimate of drug-likeness (QED) is 0.922. The molecule has 0 aliphatic heterocycles. The molecule has 0 saturated heterocycles. The first-order valence-electron chi connectivity index (χ1n) is 5.49. The summed E-state index contributed by atoms with van der Waals surface area (Å²) in [4.78, 5) is 20.9. The zero-order chi connectivity index (χ0) is 12.7. The highest BCUT2D eigenvalue weighted by atomic mass is 79.9. The van der Waals surface area contributed by atoms with Crippen LogP contribution in [0.5, 0.6) is 0 Å². The second kappa shape index (κ2) is 4.44. The molecule has 3 rings (SSSR count). The molecule has 2 aromatic rings. The number of hydrogen-bond donors (Lipinski definition) is 1. The van der Waals surface area contributed by atoms with Crippen LogP contribution in [-0.4, -0.2) is 21.0 Å². The Morgan fingerprint density at radius 1 is 1.50 bits per heavy atom. The van der Waals surface area contributed by atoms with E-state index < -0.39 is 11.9 Å². The van der Waals surface area contributed by atoms with Gasteiger partial charge in [-0.25, -0.2) is 4.98 Å². The summed E-state index contributed by atoms with van der Waals surface area (Å²) in [5.41, 5.74) is 1.52. The van der Waals surface area contributed by atoms with E-state index in [2.05, 4.69) is 25.9 Å². The third kappa shape index (κ3) is 1.95. The lowest BCUT2D eigenvalue weighted by Gasteiger charge is -2.01. The molecule has 92 valence electrons. The molecular weight excluding hydrogens is 316 g/mol. The van der Waals surface area contributed by atoms with Crippen LogP contribution in [0.4, 0.5) is 0 Å². The number of aliphatic carboxylic acids is 1. The van der Waals surface area contributed by atoms with E-state index in [1.165, 1.54) is 0 Å². The van der Waals surface area contributed by atoms with Crippen LogP contribution in [0.1, 0.15) is 22.9 Å². The largest absolute Gasteiger partial charge is 0.481 e. The Morgan fingerprint density at radius 2 is 2.33 bits per heavy atom. The molecule has 0 bridgehead atoms. The van der Waals surface area contributed by atoms with Gasteiger partial charge in [-0.1, -0.05) is 0 Å². The van der Waals surface area contributed by atoms with Gasteiger partial charge in [-0.05, 0) is 40.9 Å². The summed E-state index contributed by atoms with van der Waals surface area (Å²) in [6, 6.07) is 3.79. The van der Waals surface area contributed by atoms with Gasteiger partial charge >= 0.3 is 5.97 Å². The Hall–Kier alpha value is -1.27. The molecule has 1 unspecified atom stereocenters. The molecule has 18 heavy (non-hydrogen) atoms. The SMILES string of the molecule is O=C(O)C1CCc2sc(-c3ccc(Br)cn3)nc21. The fraction of sp³-hybridized carbons (Fsp3) is 0.250. The fourth-order valence-electron chi connectivity index (χ4n) is 2.08. The number of nitrogens with zero attached hydrogens (tertiary/aromatic N) is 2. The van der Waals surface area contributed by atoms with E-state index in [-0.39, 0.29) is 0 Å². The minimum atomic E-state index is -0.783. The Bertz CT molecular complexity index is 609. The highest BCUT2D eigenvalue weighted by molar-refractivity contribution is 9.10. The van der Waals surface area contributed by atoms with Crippen molar-refractivity contribution in [1.29, 1.82) is 0 Å². The van der Waals surface area contributed by atoms with Gasteiger partial charge in [-0.15, -0.1) is 11.3 Å². The molecule has 1 aliphatic carbocycles. The van der Waals surface area contributed by atoms with Gasteiger partial charge in [0.2, 0.25) is 0 Å². The second-order valence-electron chi connectivity index (χ2n) is 4.12. The molecule has 0 fully saturated rings. The van der Waals surface area contributed by atoms with E-state index in [1.54, 1.807) is 17.5 Å². The van der Waals surface area contributed by atoms with Crippen molar-refractivity contribution >= 4 is 33.2 Å². The second-order valence-corrected chi connectivity index (χ2v) is 6.12. The Morgan fingerprint density at radius 3 is 3.00 bits per heavy atom. The highest BCUT2D eigenvalue weighted by Gasteiger charge is 2.32. The molecule has 1 aliphatic rings. The molecule has 2 heterocycles. The molecule has 4 nitrogen and oxygen atoms in total. The van der Waals surface area contributed by atoms with Crippen molar-refractivity contribution in [3.05, 3.63) is 33.4 Å². The molecule has 0 aromatic carbocycles. The van der Waals surface area contributed by atoms with Crippen molar-refractivity contribution in [3.8, 4) is 10.7 Å². The first-order chi connectivity index (χ1) is 8.65. The van der Waals surface area contributed by atoms with Gasteiger partial charge in [0.05, 0.1) is 11.4 Å². The molecule has 1 N–H and O–H groups in total. The Balaban J connectivity index is 1.99. The number of rotatable bonds is 2. The van der Waals surface area contributed by atoms with Gasteiger partial charge in [-0.2, -0.15) is 0 Å². The third-order valence-corrected chi connectivity index (χ3v) is 4.58. The van der Waals surface area contributed by atoms with Gasteiger partial charge in [0.25, 0.3) is 0 Å². The lowest BCUT2D eigenvalue weighted by Crippen LogP contribution is -2.08. The molecule has 0 saturated carbocycles. The summed E-state index contributed by atoms with van der Waals surface area (Å²) in [6.45, 7) is 0. The highest BCUT2D eigenvalue weighted by Crippen LogP contribution is 2.39. The summed E-state index contributed by atoms with van der Waals surface area (Å²) in [7, 11) is 0. The lowest BCUT2D eigenvalue weighted by atomic mass is 10.1. The molecule has 0 amide bonds. The summed E-state index contributed by atoms with van der Waals surface area (Å²) in [5, 5.41) is 9.92. The zero-order valence-corrected chi connectivity index (χ0v) is 11.7. The number of carboxylic acid groups (broad SMARTS) is 1. The van der Waals surface area contributed by atoms with Crippen LogP contribution >= 0.6 is 27.3 Å². The minimum Gasteiger partial charge on any atom is -0.481 e. The van der Waals surface area contributed by atoms with Crippen LogP contribution in [0.25, 0.3) is 10.7 Å². The predicted octanol–water partition coefficient (Wildman–Crippen LogP) is 3.08. The van der Waals surface area contributed by atoms with Crippen molar-refractivity contribution in [2.24, 2.45) is 0 Å². The minimum absolute atomic E-state index is 0.444. The van der Waals surface area contributed by atoms with Crippen molar-refractivity contribution in [2.45, 2.75) is 18.8 Å². The number of aromatic nitrogens is 2. The lowest BCUT2D eigenvalue weighted by molar-refractivity contribution is -0.138. The average Bonchev–Trinajstić information content (AvgIpc) is 2.88. The first kappa shape index (κ1) is 11.8. The zero-order valence-electron chi connectivity index (χ0n) is 9.26. The van der Waals surface area contributed by atoms with Crippen LogP contribution in [0.15, 0.2) is 22.8 Å². The number of hydrogen-bond acceptors (Lipinski definition) is 4. The number of pyridine rings is 1. The molecule has 0 spiro atoms. The van der Waals surface area contributed by atoms with Crippen molar-refractivity contribution < 1.29 is 9.90 Å². The first-order valence-corrected chi connectivity index (χ1v) is 7.10. The van der Waals surface area contributed by atoms with Crippen LogP contribution in [0.3, 0.4) is 0 Å². The van der Waals surface area contributed by atoms with Crippen LogP contribution < -0.4 is 0 Å². The summed E-state index contributed by atoms with van der Waals surface area (Å²) >= 11 is 4.88. The van der Waals surface area contributed by atoms with Gasteiger partial charge in [0.1, 0.15) is 10.9 Å². The molecule has 1 atom stereocenters. The van der Waals surface area contributed by atoms with Crippen LogP contribution in [-0.2, 0) is 11.2 Å².